The zero-order chi connectivity index (χ0) is 19.6. The first-order chi connectivity index (χ1) is 12.8. The minimum absolute atomic E-state index is 0.0693. The van der Waals surface area contributed by atoms with Crippen LogP contribution in [0.2, 0.25) is 0 Å². The molecule has 7 nitrogen and oxygen atoms in total. The third-order valence-corrected chi connectivity index (χ3v) is 5.79. The molecule has 3 rings (SSSR count). The van der Waals surface area contributed by atoms with Crippen LogP contribution in [0.1, 0.15) is 21.7 Å². The summed E-state index contributed by atoms with van der Waals surface area (Å²) in [5, 5.41) is 12.6. The zero-order valence-corrected chi connectivity index (χ0v) is 15.8. The van der Waals surface area contributed by atoms with Crippen LogP contribution in [-0.4, -0.2) is 33.1 Å². The molecule has 0 unspecified atom stereocenters. The Balaban J connectivity index is 1.78. The van der Waals surface area contributed by atoms with Crippen LogP contribution < -0.4 is 10.0 Å². The normalized spacial score (nSPS) is 11.6. The van der Waals surface area contributed by atoms with Crippen molar-refractivity contribution in [3.05, 3.63) is 59.4 Å². The standard InChI is InChI=1S/C19H20N2O5S/c1-12-16-11-15(6-7-17(16)26-18(12)19(22)23)27(24,25)21-9-8-13-4-3-5-14(10-13)20-2/h3-7,10-11,20-21H,8-9H2,1-2H3,(H,22,23). The number of fused-ring (bicyclic) bond motifs is 1. The number of aromatic carboxylic acids is 1. The highest BCUT2D eigenvalue weighted by Crippen LogP contribution is 2.27. The van der Waals surface area contributed by atoms with Crippen molar-refractivity contribution in [2.24, 2.45) is 0 Å². The minimum atomic E-state index is -3.72. The molecule has 3 N–H and O–H groups in total. The lowest BCUT2D eigenvalue weighted by Crippen LogP contribution is -2.26. The van der Waals surface area contributed by atoms with Gasteiger partial charge in [0.05, 0.1) is 4.90 Å². The molecule has 1 heterocycles. The fourth-order valence-electron chi connectivity index (χ4n) is 2.87. The Bertz CT molecular complexity index is 1100. The number of furan rings is 1. The number of carboxylic acid groups (broad SMARTS) is 1. The fourth-order valence-corrected chi connectivity index (χ4v) is 3.92. The van der Waals surface area contributed by atoms with E-state index in [9.17, 15) is 13.2 Å². The number of benzene rings is 2. The van der Waals surface area contributed by atoms with Gasteiger partial charge in [-0.2, -0.15) is 0 Å². The first-order valence-corrected chi connectivity index (χ1v) is 9.83. The maximum atomic E-state index is 12.6. The van der Waals surface area contributed by atoms with E-state index in [0.717, 1.165) is 11.3 Å². The van der Waals surface area contributed by atoms with Gasteiger partial charge >= 0.3 is 5.97 Å². The second-order valence-electron chi connectivity index (χ2n) is 6.12. The summed E-state index contributed by atoms with van der Waals surface area (Å²) in [7, 11) is -1.90. The predicted molar refractivity (Wildman–Crippen MR) is 103 cm³/mol. The summed E-state index contributed by atoms with van der Waals surface area (Å²) in [4.78, 5) is 11.2. The molecule has 0 radical (unpaired) electrons. The number of anilines is 1. The molecular formula is C19H20N2O5S. The van der Waals surface area contributed by atoms with E-state index >= 15 is 0 Å². The molecule has 27 heavy (non-hydrogen) atoms. The summed E-state index contributed by atoms with van der Waals surface area (Å²) in [6.07, 6.45) is 0.547. The van der Waals surface area contributed by atoms with Crippen LogP contribution in [0.4, 0.5) is 5.69 Å². The van der Waals surface area contributed by atoms with Crippen LogP contribution in [0.25, 0.3) is 11.0 Å². The van der Waals surface area contributed by atoms with Gasteiger partial charge in [-0.1, -0.05) is 12.1 Å². The van der Waals surface area contributed by atoms with E-state index in [1.165, 1.54) is 18.2 Å². The summed E-state index contributed by atoms with van der Waals surface area (Å²) >= 11 is 0. The molecule has 0 spiro atoms. The number of carboxylic acids is 1. The van der Waals surface area contributed by atoms with Crippen molar-refractivity contribution < 1.29 is 22.7 Å². The van der Waals surface area contributed by atoms with Crippen molar-refractivity contribution in [2.75, 3.05) is 18.9 Å². The Kier molecular flexibility index (Phi) is 5.20. The van der Waals surface area contributed by atoms with Gasteiger partial charge in [0.1, 0.15) is 5.58 Å². The van der Waals surface area contributed by atoms with Crippen LogP contribution in [0, 0.1) is 6.92 Å². The highest BCUT2D eigenvalue weighted by atomic mass is 32.2. The van der Waals surface area contributed by atoms with Crippen molar-refractivity contribution >= 4 is 32.6 Å². The quantitative estimate of drug-likeness (QED) is 0.574. The van der Waals surface area contributed by atoms with Gasteiger partial charge in [0, 0.05) is 30.2 Å². The van der Waals surface area contributed by atoms with Crippen LogP contribution in [0.15, 0.2) is 51.8 Å². The molecule has 0 atom stereocenters. The number of aryl methyl sites for hydroxylation is 1. The van der Waals surface area contributed by atoms with Gasteiger partial charge in [0.2, 0.25) is 15.8 Å². The molecule has 0 saturated heterocycles. The Morgan fingerprint density at radius 2 is 1.96 bits per heavy atom. The monoisotopic (exact) mass is 388 g/mol. The number of hydrogen-bond acceptors (Lipinski definition) is 5. The second-order valence-corrected chi connectivity index (χ2v) is 7.88. The van der Waals surface area contributed by atoms with Gasteiger partial charge in [-0.3, -0.25) is 0 Å². The molecular weight excluding hydrogens is 368 g/mol. The Morgan fingerprint density at radius 1 is 1.19 bits per heavy atom. The minimum Gasteiger partial charge on any atom is -0.475 e. The van der Waals surface area contributed by atoms with Crippen LogP contribution >= 0.6 is 0 Å². The van der Waals surface area contributed by atoms with E-state index in [0.29, 0.717) is 23.0 Å². The molecule has 2 aromatic carbocycles. The maximum absolute atomic E-state index is 12.6. The maximum Gasteiger partial charge on any atom is 0.372 e. The molecule has 0 amide bonds. The van der Waals surface area contributed by atoms with Crippen molar-refractivity contribution in [1.29, 1.82) is 0 Å². The van der Waals surface area contributed by atoms with Gasteiger partial charge in [-0.05, 0) is 49.2 Å². The lowest BCUT2D eigenvalue weighted by Gasteiger charge is -2.08. The smallest absolute Gasteiger partial charge is 0.372 e. The van der Waals surface area contributed by atoms with Gasteiger partial charge in [-0.15, -0.1) is 0 Å². The van der Waals surface area contributed by atoms with Gasteiger partial charge < -0.3 is 14.8 Å². The first-order valence-electron chi connectivity index (χ1n) is 8.34. The first kappa shape index (κ1) is 18.9. The number of rotatable bonds is 7. The van der Waals surface area contributed by atoms with Crippen molar-refractivity contribution in [2.45, 2.75) is 18.2 Å². The lowest BCUT2D eigenvalue weighted by molar-refractivity contribution is 0.0664. The largest absolute Gasteiger partial charge is 0.475 e. The predicted octanol–water partition coefficient (Wildman–Crippen LogP) is 3.00. The Morgan fingerprint density at radius 3 is 2.67 bits per heavy atom. The van der Waals surface area contributed by atoms with Gasteiger partial charge in [-0.25, -0.2) is 17.9 Å². The average molecular weight is 388 g/mol. The molecule has 1 aromatic heterocycles. The van der Waals surface area contributed by atoms with Crippen LogP contribution in [0.3, 0.4) is 0 Å². The van der Waals surface area contributed by atoms with Crippen LogP contribution in [0.5, 0.6) is 0 Å². The topological polar surface area (TPSA) is 109 Å². The zero-order valence-electron chi connectivity index (χ0n) is 14.9. The molecule has 0 aliphatic heterocycles. The molecule has 0 aliphatic rings. The van der Waals surface area contributed by atoms with E-state index in [-0.39, 0.29) is 17.2 Å². The van der Waals surface area contributed by atoms with Crippen LogP contribution in [-0.2, 0) is 16.4 Å². The highest BCUT2D eigenvalue weighted by molar-refractivity contribution is 7.89. The van der Waals surface area contributed by atoms with Gasteiger partial charge in [0.15, 0.2) is 0 Å². The summed E-state index contributed by atoms with van der Waals surface area (Å²) in [6.45, 7) is 1.84. The van der Waals surface area contributed by atoms with Gasteiger partial charge in [0.25, 0.3) is 0 Å². The molecule has 0 bridgehead atoms. The third kappa shape index (κ3) is 3.96. The summed E-state index contributed by atoms with van der Waals surface area (Å²) in [6, 6.07) is 12.0. The van der Waals surface area contributed by atoms with E-state index in [4.69, 9.17) is 9.52 Å². The Hall–Kier alpha value is -2.84. The number of carbonyl (C=O) groups is 1. The summed E-state index contributed by atoms with van der Waals surface area (Å²) in [5.74, 6) is -1.37. The molecule has 0 fully saturated rings. The third-order valence-electron chi connectivity index (χ3n) is 4.33. The molecule has 142 valence electrons. The second kappa shape index (κ2) is 7.42. The molecule has 0 aliphatic carbocycles. The summed E-state index contributed by atoms with van der Waals surface area (Å²) in [5.41, 5.74) is 2.72. The number of hydrogen-bond donors (Lipinski definition) is 3. The molecule has 3 aromatic rings. The summed E-state index contributed by atoms with van der Waals surface area (Å²) < 4.78 is 33.0. The van der Waals surface area contributed by atoms with Crippen molar-refractivity contribution in [3.8, 4) is 0 Å². The lowest BCUT2D eigenvalue weighted by atomic mass is 10.1. The molecule has 8 heteroatoms. The Labute approximate surface area is 157 Å². The van der Waals surface area contributed by atoms with E-state index in [2.05, 4.69) is 10.0 Å². The number of sulfonamides is 1. The highest BCUT2D eigenvalue weighted by Gasteiger charge is 2.20. The average Bonchev–Trinajstić information content (AvgIpc) is 2.98. The van der Waals surface area contributed by atoms with E-state index < -0.39 is 16.0 Å². The van der Waals surface area contributed by atoms with E-state index in [1.54, 1.807) is 6.92 Å². The SMILES string of the molecule is CNc1cccc(CCNS(=O)(=O)c2ccc3oc(C(=O)O)c(C)c3c2)c1. The molecule has 0 saturated carbocycles. The van der Waals surface area contributed by atoms with E-state index in [1.807, 2.05) is 31.3 Å². The number of nitrogens with one attached hydrogen (secondary N) is 2. The fraction of sp³-hybridized carbons (Fsp3) is 0.211. The van der Waals surface area contributed by atoms with Crippen molar-refractivity contribution in [3.63, 3.8) is 0 Å². The van der Waals surface area contributed by atoms with Crippen molar-refractivity contribution in [1.82, 2.24) is 4.72 Å².